The molecule has 0 unspecified atom stereocenters. The highest BCUT2D eigenvalue weighted by Crippen LogP contribution is 2.34. The third-order valence-electron chi connectivity index (χ3n) is 5.53. The second kappa shape index (κ2) is 11.8. The topological polar surface area (TPSA) is 159 Å². The van der Waals surface area contributed by atoms with Gasteiger partial charge in [0, 0.05) is 24.3 Å². The standard InChI is InChI=1S/2C14H8FNO4S/c2*15-7-1-3-9(10(17)5-7)11-4-2-8(20-11)6-12-13(18)16-14(19)21-12/h2*1-6,17H,(H,16,18,19)/b2*12-6-. The van der Waals surface area contributed by atoms with E-state index in [-0.39, 0.29) is 21.3 Å². The van der Waals surface area contributed by atoms with E-state index < -0.39 is 33.9 Å². The molecule has 2 aromatic carbocycles. The van der Waals surface area contributed by atoms with Crippen LogP contribution in [0.4, 0.5) is 18.4 Å². The lowest BCUT2D eigenvalue weighted by Gasteiger charge is -2.00. The fourth-order valence-electron chi connectivity index (χ4n) is 3.68. The number of hydrogen-bond donors (Lipinski definition) is 4. The van der Waals surface area contributed by atoms with E-state index in [2.05, 4.69) is 10.6 Å². The Morgan fingerprint density at radius 2 is 1.02 bits per heavy atom. The lowest BCUT2D eigenvalue weighted by Crippen LogP contribution is -2.17. The van der Waals surface area contributed by atoms with Gasteiger partial charge in [0.05, 0.1) is 20.9 Å². The van der Waals surface area contributed by atoms with Crippen molar-refractivity contribution in [3.8, 4) is 34.1 Å². The average molecular weight is 611 g/mol. The Hall–Kier alpha value is -5.08. The summed E-state index contributed by atoms with van der Waals surface area (Å²) in [5, 5.41) is 22.8. The molecule has 2 aromatic heterocycles. The van der Waals surface area contributed by atoms with Gasteiger partial charge < -0.3 is 19.0 Å². The maximum atomic E-state index is 12.9. The van der Waals surface area contributed by atoms with Crippen molar-refractivity contribution >= 4 is 58.0 Å². The maximum Gasteiger partial charge on any atom is 0.290 e. The van der Waals surface area contributed by atoms with Gasteiger partial charge in [-0.15, -0.1) is 0 Å². The number of nitrogens with one attached hydrogen (secondary N) is 2. The van der Waals surface area contributed by atoms with Gasteiger partial charge in [-0.3, -0.25) is 29.8 Å². The predicted molar refractivity (Wildman–Crippen MR) is 150 cm³/mol. The van der Waals surface area contributed by atoms with Crippen molar-refractivity contribution in [3.63, 3.8) is 0 Å². The van der Waals surface area contributed by atoms with Crippen LogP contribution in [-0.4, -0.2) is 32.5 Å². The van der Waals surface area contributed by atoms with Gasteiger partial charge >= 0.3 is 0 Å². The summed E-state index contributed by atoms with van der Waals surface area (Å²) in [7, 11) is 0. The lowest BCUT2D eigenvalue weighted by molar-refractivity contribution is -0.116. The zero-order valence-electron chi connectivity index (χ0n) is 20.8. The SMILES string of the molecule is O=C1NC(=O)/C(=C/c2ccc(-c3ccc(F)cc3O)o2)S1.O=C1NC(=O)/C(=C/c2ccc(-c3ccc(F)cc3O)o2)S1. The molecule has 0 bridgehead atoms. The molecule has 212 valence electrons. The number of thioether (sulfide) groups is 2. The molecule has 42 heavy (non-hydrogen) atoms. The second-order valence-electron chi connectivity index (χ2n) is 8.43. The number of imide groups is 2. The molecule has 6 rings (SSSR count). The number of aromatic hydroxyl groups is 2. The van der Waals surface area contributed by atoms with E-state index in [0.717, 1.165) is 35.7 Å². The largest absolute Gasteiger partial charge is 0.507 e. The molecule has 4 heterocycles. The number of benzene rings is 2. The summed E-state index contributed by atoms with van der Waals surface area (Å²) in [4.78, 5) is 45.4. The minimum atomic E-state index is -0.553. The minimum Gasteiger partial charge on any atom is -0.507 e. The van der Waals surface area contributed by atoms with Crippen LogP contribution in [-0.2, 0) is 9.59 Å². The zero-order chi connectivity index (χ0) is 30.0. The molecule has 4 amide bonds. The molecule has 0 aliphatic carbocycles. The van der Waals surface area contributed by atoms with E-state index in [1.54, 1.807) is 24.3 Å². The lowest BCUT2D eigenvalue weighted by atomic mass is 10.1. The van der Waals surface area contributed by atoms with Crippen LogP contribution in [0.5, 0.6) is 11.5 Å². The minimum absolute atomic E-state index is 0.226. The van der Waals surface area contributed by atoms with Crippen molar-refractivity contribution in [2.24, 2.45) is 0 Å². The Bertz CT molecular complexity index is 1690. The maximum absolute atomic E-state index is 12.9. The van der Waals surface area contributed by atoms with E-state index in [1.807, 2.05) is 0 Å². The Morgan fingerprint density at radius 1 is 0.619 bits per heavy atom. The fourth-order valence-corrected chi connectivity index (χ4v) is 5.00. The number of furan rings is 2. The fraction of sp³-hybridized carbons (Fsp3) is 0. The smallest absolute Gasteiger partial charge is 0.290 e. The average Bonchev–Trinajstić information content (AvgIpc) is 3.70. The van der Waals surface area contributed by atoms with Crippen LogP contribution in [0, 0.1) is 11.6 Å². The molecule has 2 fully saturated rings. The van der Waals surface area contributed by atoms with Gasteiger partial charge in [-0.1, -0.05) is 0 Å². The molecule has 2 aliphatic heterocycles. The summed E-state index contributed by atoms with van der Waals surface area (Å²) < 4.78 is 36.8. The molecule has 0 spiro atoms. The summed E-state index contributed by atoms with van der Waals surface area (Å²) in [6, 6.07) is 13.5. The van der Waals surface area contributed by atoms with E-state index >= 15 is 0 Å². The van der Waals surface area contributed by atoms with Crippen molar-refractivity contribution in [1.29, 1.82) is 0 Å². The molecule has 0 atom stereocenters. The van der Waals surface area contributed by atoms with Crippen LogP contribution in [0.3, 0.4) is 0 Å². The van der Waals surface area contributed by atoms with E-state index in [1.165, 1.54) is 36.4 Å². The van der Waals surface area contributed by atoms with Crippen LogP contribution >= 0.6 is 23.5 Å². The normalized spacial score (nSPS) is 16.5. The van der Waals surface area contributed by atoms with Crippen LogP contribution in [0.1, 0.15) is 11.5 Å². The first-order valence-electron chi connectivity index (χ1n) is 11.7. The molecule has 4 aromatic rings. The van der Waals surface area contributed by atoms with Gasteiger partial charge in [0.2, 0.25) is 0 Å². The number of carbonyl (C=O) groups excluding carboxylic acids is 4. The third kappa shape index (κ3) is 6.45. The molecule has 2 aliphatic rings. The summed E-state index contributed by atoms with van der Waals surface area (Å²) in [5.74, 6) is -1.20. The van der Waals surface area contributed by atoms with Gasteiger partial charge in [-0.25, -0.2) is 8.78 Å². The third-order valence-corrected chi connectivity index (χ3v) is 7.16. The van der Waals surface area contributed by atoms with Gasteiger partial charge in [0.1, 0.15) is 46.2 Å². The number of hydrogen-bond acceptors (Lipinski definition) is 10. The van der Waals surface area contributed by atoms with E-state index in [9.17, 15) is 38.2 Å². The summed E-state index contributed by atoms with van der Waals surface area (Å²) in [6.07, 6.45) is 2.85. The first kappa shape index (κ1) is 28.4. The van der Waals surface area contributed by atoms with Crippen LogP contribution < -0.4 is 10.6 Å². The molecule has 10 nitrogen and oxygen atoms in total. The number of rotatable bonds is 4. The first-order valence-corrected chi connectivity index (χ1v) is 13.4. The summed E-state index contributed by atoms with van der Waals surface area (Å²) >= 11 is 1.56. The Balaban J connectivity index is 0.000000168. The van der Waals surface area contributed by atoms with Crippen molar-refractivity contribution in [2.75, 3.05) is 0 Å². The Labute approximate surface area is 243 Å². The van der Waals surface area contributed by atoms with Gasteiger partial charge in [0.15, 0.2) is 0 Å². The van der Waals surface area contributed by atoms with Gasteiger partial charge in [0.25, 0.3) is 22.3 Å². The monoisotopic (exact) mass is 610 g/mol. The van der Waals surface area contributed by atoms with Gasteiger partial charge in [-0.2, -0.15) is 0 Å². The van der Waals surface area contributed by atoms with Crippen LogP contribution in [0.15, 0.2) is 79.3 Å². The number of halogens is 2. The van der Waals surface area contributed by atoms with Crippen molar-refractivity contribution < 1.29 is 47.0 Å². The summed E-state index contributed by atoms with van der Waals surface area (Å²) in [6.45, 7) is 0. The number of amides is 4. The molecule has 0 saturated carbocycles. The van der Waals surface area contributed by atoms with Gasteiger partial charge in [-0.05, 0) is 72.1 Å². The Kier molecular flexibility index (Phi) is 7.99. The van der Waals surface area contributed by atoms with Crippen LogP contribution in [0.25, 0.3) is 34.8 Å². The highest BCUT2D eigenvalue weighted by Gasteiger charge is 2.26. The Morgan fingerprint density at radius 3 is 1.36 bits per heavy atom. The van der Waals surface area contributed by atoms with Crippen LogP contribution in [0.2, 0.25) is 0 Å². The molecular formula is C28H16F2N2O8S2. The first-order chi connectivity index (χ1) is 20.0. The summed E-state index contributed by atoms with van der Waals surface area (Å²) in [5.41, 5.74) is 0.668. The zero-order valence-corrected chi connectivity index (χ0v) is 22.5. The number of carbonyl (C=O) groups is 4. The number of phenolic OH excluding ortho intramolecular Hbond substituents is 2. The van der Waals surface area contributed by atoms with E-state index in [4.69, 9.17) is 8.83 Å². The van der Waals surface area contributed by atoms with Crippen molar-refractivity contribution in [3.05, 3.63) is 93.6 Å². The van der Waals surface area contributed by atoms with E-state index in [0.29, 0.717) is 34.2 Å². The quantitative estimate of drug-likeness (QED) is 0.195. The number of phenols is 2. The highest BCUT2D eigenvalue weighted by atomic mass is 32.2. The molecule has 4 N–H and O–H groups in total. The molecule has 14 heteroatoms. The highest BCUT2D eigenvalue weighted by molar-refractivity contribution is 8.18. The second-order valence-corrected chi connectivity index (χ2v) is 10.5. The van der Waals surface area contributed by atoms with Crippen molar-refractivity contribution in [2.45, 2.75) is 0 Å². The predicted octanol–water partition coefficient (Wildman–Crippen LogP) is 6.23. The molecule has 0 radical (unpaired) electrons. The van der Waals surface area contributed by atoms with Crippen molar-refractivity contribution in [1.82, 2.24) is 10.6 Å². The molecule has 2 saturated heterocycles. The molecular weight excluding hydrogens is 594 g/mol.